The molecule has 8 heteroatoms. The predicted molar refractivity (Wildman–Crippen MR) is 87.5 cm³/mol. The zero-order valence-electron chi connectivity index (χ0n) is 13.7. The van der Waals surface area contributed by atoms with Crippen molar-refractivity contribution < 1.29 is 14.0 Å². The van der Waals surface area contributed by atoms with Crippen LogP contribution in [0.3, 0.4) is 0 Å². The maximum absolute atomic E-state index is 13.3. The number of hydrogen-bond acceptors (Lipinski definition) is 6. The number of rotatable bonds is 3. The molecular formula is C17H18FN5O2. The van der Waals surface area contributed by atoms with Crippen LogP contribution in [0, 0.1) is 12.7 Å². The Labute approximate surface area is 143 Å². The van der Waals surface area contributed by atoms with Gasteiger partial charge in [0.2, 0.25) is 0 Å². The Bertz CT molecular complexity index is 927. The summed E-state index contributed by atoms with van der Waals surface area (Å²) in [6.07, 6.45) is 5.10. The average molecular weight is 343 g/mol. The van der Waals surface area contributed by atoms with E-state index in [-0.39, 0.29) is 23.2 Å². The van der Waals surface area contributed by atoms with Gasteiger partial charge in [0.1, 0.15) is 5.82 Å². The molecular weight excluding hydrogens is 325 g/mol. The second-order valence-corrected chi connectivity index (χ2v) is 6.52. The van der Waals surface area contributed by atoms with Crippen LogP contribution in [0.5, 0.6) is 5.75 Å². The maximum Gasteiger partial charge on any atom is 0.282 e. The molecule has 1 aliphatic carbocycles. The molecule has 0 bridgehead atoms. The SMILES string of the molecule is Cc1cc(F)ccc1-n1cc(O)c(-c2nc(C3(N)CCCC3)no2)n1. The monoisotopic (exact) mass is 343 g/mol. The van der Waals surface area contributed by atoms with Gasteiger partial charge in [-0.15, -0.1) is 0 Å². The van der Waals surface area contributed by atoms with Crippen molar-refractivity contribution in [1.82, 2.24) is 19.9 Å². The van der Waals surface area contributed by atoms with Crippen LogP contribution in [-0.2, 0) is 5.54 Å². The smallest absolute Gasteiger partial charge is 0.282 e. The summed E-state index contributed by atoms with van der Waals surface area (Å²) >= 11 is 0. The Morgan fingerprint density at radius 3 is 2.80 bits per heavy atom. The highest BCUT2D eigenvalue weighted by Gasteiger charge is 2.36. The van der Waals surface area contributed by atoms with E-state index in [9.17, 15) is 9.50 Å². The van der Waals surface area contributed by atoms with Crippen LogP contribution in [0.1, 0.15) is 37.1 Å². The minimum Gasteiger partial charge on any atom is -0.504 e. The van der Waals surface area contributed by atoms with Gasteiger partial charge in [0.25, 0.3) is 5.89 Å². The predicted octanol–water partition coefficient (Wildman–Crippen LogP) is 2.80. The molecule has 0 spiro atoms. The molecule has 0 aliphatic heterocycles. The minimum atomic E-state index is -0.576. The first-order chi connectivity index (χ1) is 12.0. The fourth-order valence-electron chi connectivity index (χ4n) is 3.27. The van der Waals surface area contributed by atoms with Gasteiger partial charge in [-0.05, 0) is 43.5 Å². The summed E-state index contributed by atoms with van der Waals surface area (Å²) in [7, 11) is 0. The third-order valence-electron chi connectivity index (χ3n) is 4.67. The van der Waals surface area contributed by atoms with Crippen molar-refractivity contribution in [1.29, 1.82) is 0 Å². The van der Waals surface area contributed by atoms with E-state index in [2.05, 4.69) is 15.2 Å². The molecule has 3 N–H and O–H groups in total. The number of aromatic hydroxyl groups is 1. The van der Waals surface area contributed by atoms with Gasteiger partial charge in [-0.3, -0.25) is 0 Å². The van der Waals surface area contributed by atoms with Crippen LogP contribution in [0.15, 0.2) is 28.9 Å². The number of benzene rings is 1. The summed E-state index contributed by atoms with van der Waals surface area (Å²) in [6.45, 7) is 1.76. The van der Waals surface area contributed by atoms with Crippen molar-refractivity contribution in [2.75, 3.05) is 0 Å². The van der Waals surface area contributed by atoms with Crippen molar-refractivity contribution >= 4 is 0 Å². The van der Waals surface area contributed by atoms with Crippen molar-refractivity contribution in [2.45, 2.75) is 38.1 Å². The van der Waals surface area contributed by atoms with Crippen LogP contribution in [0.2, 0.25) is 0 Å². The van der Waals surface area contributed by atoms with Crippen molar-refractivity contribution in [3.05, 3.63) is 41.6 Å². The van der Waals surface area contributed by atoms with Crippen LogP contribution in [0.4, 0.5) is 4.39 Å². The molecule has 0 amide bonds. The van der Waals surface area contributed by atoms with E-state index in [4.69, 9.17) is 10.3 Å². The molecule has 1 aromatic carbocycles. The van der Waals surface area contributed by atoms with Gasteiger partial charge in [-0.1, -0.05) is 18.0 Å². The second kappa shape index (κ2) is 5.66. The summed E-state index contributed by atoms with van der Waals surface area (Å²) in [5.74, 6) is 0.121. The highest BCUT2D eigenvalue weighted by atomic mass is 19.1. The molecule has 1 fully saturated rings. The van der Waals surface area contributed by atoms with Gasteiger partial charge in [-0.25, -0.2) is 9.07 Å². The zero-order valence-corrected chi connectivity index (χ0v) is 13.7. The third kappa shape index (κ3) is 2.68. The van der Waals surface area contributed by atoms with Gasteiger partial charge in [0.05, 0.1) is 17.4 Å². The lowest BCUT2D eigenvalue weighted by molar-refractivity contribution is 0.371. The first-order valence-corrected chi connectivity index (χ1v) is 8.15. The number of hydrogen-bond donors (Lipinski definition) is 2. The Morgan fingerprint density at radius 2 is 2.08 bits per heavy atom. The standard InChI is InChI=1S/C17H18FN5O2/c1-10-8-11(18)4-5-12(10)23-9-13(24)14(21-23)15-20-16(22-25-15)17(19)6-2-3-7-17/h4-5,8-9,24H,2-3,6-7,19H2,1H3. The summed E-state index contributed by atoms with van der Waals surface area (Å²) < 4.78 is 20.0. The van der Waals surface area contributed by atoms with Crippen molar-refractivity contribution in [2.24, 2.45) is 5.73 Å². The third-order valence-corrected chi connectivity index (χ3v) is 4.67. The van der Waals surface area contributed by atoms with Crippen molar-refractivity contribution in [3.8, 4) is 23.0 Å². The van der Waals surface area contributed by atoms with E-state index in [1.54, 1.807) is 13.0 Å². The molecule has 7 nitrogen and oxygen atoms in total. The van der Waals surface area contributed by atoms with Crippen LogP contribution >= 0.6 is 0 Å². The lowest BCUT2D eigenvalue weighted by Gasteiger charge is -2.17. The molecule has 4 rings (SSSR count). The average Bonchev–Trinajstić information content (AvgIpc) is 3.27. The van der Waals surface area contributed by atoms with Gasteiger partial charge in [0, 0.05) is 0 Å². The quantitative estimate of drug-likeness (QED) is 0.758. The first kappa shape index (κ1) is 15.8. The summed E-state index contributed by atoms with van der Waals surface area (Å²) in [4.78, 5) is 4.34. The molecule has 0 unspecified atom stereocenters. The highest BCUT2D eigenvalue weighted by molar-refractivity contribution is 5.57. The molecule has 25 heavy (non-hydrogen) atoms. The van der Waals surface area contributed by atoms with Crippen molar-refractivity contribution in [3.63, 3.8) is 0 Å². The van der Waals surface area contributed by atoms with E-state index in [1.807, 2.05) is 0 Å². The molecule has 130 valence electrons. The number of aromatic nitrogens is 4. The topological polar surface area (TPSA) is 103 Å². The number of nitrogens with zero attached hydrogens (tertiary/aromatic N) is 4. The fraction of sp³-hybridized carbons (Fsp3) is 0.353. The molecule has 0 saturated heterocycles. The largest absolute Gasteiger partial charge is 0.504 e. The molecule has 0 radical (unpaired) electrons. The molecule has 2 heterocycles. The molecule has 3 aromatic rings. The normalized spacial score (nSPS) is 16.4. The van der Waals surface area contributed by atoms with E-state index in [0.717, 1.165) is 25.7 Å². The van der Waals surface area contributed by atoms with Crippen LogP contribution in [0.25, 0.3) is 17.3 Å². The summed E-state index contributed by atoms with van der Waals surface area (Å²) in [5, 5.41) is 18.5. The maximum atomic E-state index is 13.3. The summed E-state index contributed by atoms with van der Waals surface area (Å²) in [6, 6.07) is 4.33. The van der Waals surface area contributed by atoms with Gasteiger partial charge in [-0.2, -0.15) is 10.1 Å². The van der Waals surface area contributed by atoms with E-state index in [1.165, 1.54) is 23.0 Å². The van der Waals surface area contributed by atoms with Crippen LogP contribution < -0.4 is 5.73 Å². The number of aryl methyl sites for hydroxylation is 1. The Balaban J connectivity index is 1.70. The Morgan fingerprint density at radius 1 is 1.32 bits per heavy atom. The number of halogens is 1. The highest BCUT2D eigenvalue weighted by Crippen LogP contribution is 2.36. The molecule has 1 aliphatic rings. The Kier molecular flexibility index (Phi) is 3.57. The van der Waals surface area contributed by atoms with Gasteiger partial charge >= 0.3 is 0 Å². The van der Waals surface area contributed by atoms with Crippen LogP contribution in [-0.4, -0.2) is 25.0 Å². The van der Waals surface area contributed by atoms with E-state index in [0.29, 0.717) is 17.1 Å². The zero-order chi connectivity index (χ0) is 17.6. The lowest BCUT2D eigenvalue weighted by Crippen LogP contribution is -2.34. The van der Waals surface area contributed by atoms with Gasteiger partial charge < -0.3 is 15.4 Å². The molecule has 1 saturated carbocycles. The molecule has 0 atom stereocenters. The second-order valence-electron chi connectivity index (χ2n) is 6.52. The molecule has 2 aromatic heterocycles. The lowest BCUT2D eigenvalue weighted by atomic mass is 9.99. The van der Waals surface area contributed by atoms with Gasteiger partial charge in [0.15, 0.2) is 17.3 Å². The first-order valence-electron chi connectivity index (χ1n) is 8.15. The van der Waals surface area contributed by atoms with E-state index < -0.39 is 5.54 Å². The number of nitrogens with two attached hydrogens (primary N) is 1. The van der Waals surface area contributed by atoms with E-state index >= 15 is 0 Å². The minimum absolute atomic E-state index is 0.101. The summed E-state index contributed by atoms with van der Waals surface area (Å²) in [5.41, 5.74) is 7.26. The fourth-order valence-corrected chi connectivity index (χ4v) is 3.27. The Hall–Kier alpha value is -2.74.